The number of nitrogens with zero attached hydrogens (tertiary/aromatic N) is 3. The second kappa shape index (κ2) is 7.59. The van der Waals surface area contributed by atoms with Crippen molar-refractivity contribution in [3.8, 4) is 0 Å². The highest BCUT2D eigenvalue weighted by atomic mass is 16.3. The molecule has 5 heteroatoms. The van der Waals surface area contributed by atoms with Gasteiger partial charge in [-0.1, -0.05) is 26.2 Å². The first-order chi connectivity index (χ1) is 10.2. The van der Waals surface area contributed by atoms with E-state index in [4.69, 9.17) is 4.98 Å². The van der Waals surface area contributed by atoms with Crippen molar-refractivity contribution in [1.29, 1.82) is 0 Å². The first-order valence-electron chi connectivity index (χ1n) is 8.14. The third kappa shape index (κ3) is 3.64. The van der Waals surface area contributed by atoms with Gasteiger partial charge >= 0.3 is 0 Å². The molecule has 118 valence electrons. The van der Waals surface area contributed by atoms with E-state index in [0.717, 1.165) is 29.4 Å². The third-order valence-electron chi connectivity index (χ3n) is 4.35. The molecule has 0 aromatic carbocycles. The molecule has 0 spiro atoms. The summed E-state index contributed by atoms with van der Waals surface area (Å²) >= 11 is 0. The van der Waals surface area contributed by atoms with Crippen LogP contribution in [0.4, 0.5) is 11.6 Å². The molecule has 0 atom stereocenters. The molecule has 0 saturated heterocycles. The summed E-state index contributed by atoms with van der Waals surface area (Å²) in [5.74, 6) is 2.75. The Morgan fingerprint density at radius 1 is 1.24 bits per heavy atom. The average molecular weight is 292 g/mol. The van der Waals surface area contributed by atoms with Crippen LogP contribution in [0, 0.1) is 6.92 Å². The molecule has 5 nitrogen and oxygen atoms in total. The fourth-order valence-corrected chi connectivity index (χ4v) is 3.19. The maximum atomic E-state index is 9.47. The number of aromatic nitrogens is 2. The third-order valence-corrected chi connectivity index (χ3v) is 4.35. The lowest BCUT2D eigenvalue weighted by atomic mass is 9.94. The minimum atomic E-state index is 0.163. The number of rotatable bonds is 6. The molecule has 1 heterocycles. The zero-order valence-corrected chi connectivity index (χ0v) is 13.5. The molecule has 2 N–H and O–H groups in total. The SMILES string of the molecule is CCc1nc(NC)c(C)c(N(CCO)C2CCCCC2)n1. The summed E-state index contributed by atoms with van der Waals surface area (Å²) < 4.78 is 0. The molecule has 0 aliphatic heterocycles. The Morgan fingerprint density at radius 3 is 2.52 bits per heavy atom. The van der Waals surface area contributed by atoms with E-state index in [-0.39, 0.29) is 6.61 Å². The lowest BCUT2D eigenvalue weighted by molar-refractivity contribution is 0.289. The highest BCUT2D eigenvalue weighted by molar-refractivity contribution is 5.59. The number of nitrogens with one attached hydrogen (secondary N) is 1. The molecule has 1 aliphatic rings. The monoisotopic (exact) mass is 292 g/mol. The van der Waals surface area contributed by atoms with Crippen LogP contribution in [0.2, 0.25) is 0 Å². The van der Waals surface area contributed by atoms with Gasteiger partial charge in [0.25, 0.3) is 0 Å². The van der Waals surface area contributed by atoms with E-state index in [1.165, 1.54) is 32.1 Å². The first-order valence-corrected chi connectivity index (χ1v) is 8.14. The number of anilines is 2. The summed E-state index contributed by atoms with van der Waals surface area (Å²) in [7, 11) is 1.90. The molecule has 0 unspecified atom stereocenters. The minimum absolute atomic E-state index is 0.163. The standard InChI is InChI=1S/C16H28N4O/c1-4-14-18-15(17-3)12(2)16(19-14)20(10-11-21)13-8-6-5-7-9-13/h13,21H,4-11H2,1-3H3,(H,17,18,19). The lowest BCUT2D eigenvalue weighted by Crippen LogP contribution is -2.40. The van der Waals surface area contributed by atoms with E-state index in [9.17, 15) is 5.11 Å². The predicted octanol–water partition coefficient (Wildman–Crippen LogP) is 2.52. The molecule has 1 aromatic rings. The van der Waals surface area contributed by atoms with Crippen molar-refractivity contribution >= 4 is 11.6 Å². The molecule has 0 radical (unpaired) electrons. The maximum Gasteiger partial charge on any atom is 0.137 e. The largest absolute Gasteiger partial charge is 0.395 e. The summed E-state index contributed by atoms with van der Waals surface area (Å²) in [5, 5.41) is 12.6. The van der Waals surface area contributed by atoms with Crippen molar-refractivity contribution in [2.24, 2.45) is 0 Å². The smallest absolute Gasteiger partial charge is 0.137 e. The quantitative estimate of drug-likeness (QED) is 0.843. The molecule has 1 aromatic heterocycles. The van der Waals surface area contributed by atoms with Gasteiger partial charge in [0.05, 0.1) is 6.61 Å². The van der Waals surface area contributed by atoms with Crippen LogP contribution < -0.4 is 10.2 Å². The minimum Gasteiger partial charge on any atom is -0.395 e. The molecule has 0 bridgehead atoms. The van der Waals surface area contributed by atoms with Crippen LogP contribution in [0.15, 0.2) is 0 Å². The number of aliphatic hydroxyl groups is 1. The summed E-state index contributed by atoms with van der Waals surface area (Å²) in [6, 6.07) is 0.494. The van der Waals surface area contributed by atoms with Gasteiger partial charge in [0, 0.05) is 31.6 Å². The Labute approximate surface area is 127 Å². The van der Waals surface area contributed by atoms with Crippen LogP contribution in [-0.2, 0) is 6.42 Å². The van der Waals surface area contributed by atoms with Crippen LogP contribution in [0.5, 0.6) is 0 Å². The van der Waals surface area contributed by atoms with Gasteiger partial charge in [0.15, 0.2) is 0 Å². The van der Waals surface area contributed by atoms with Crippen molar-refractivity contribution < 1.29 is 5.11 Å². The molecular formula is C16H28N4O. The highest BCUT2D eigenvalue weighted by Crippen LogP contribution is 2.30. The molecule has 1 fully saturated rings. The van der Waals surface area contributed by atoms with E-state index in [1.807, 2.05) is 7.05 Å². The van der Waals surface area contributed by atoms with Gasteiger partial charge in [-0.3, -0.25) is 0 Å². The van der Waals surface area contributed by atoms with Gasteiger partial charge in [-0.05, 0) is 19.8 Å². The van der Waals surface area contributed by atoms with Crippen LogP contribution in [0.1, 0.15) is 50.4 Å². The first kappa shape index (κ1) is 16.0. The van der Waals surface area contributed by atoms with Crippen LogP contribution in [0.25, 0.3) is 0 Å². The van der Waals surface area contributed by atoms with E-state index in [1.54, 1.807) is 0 Å². The Morgan fingerprint density at radius 2 is 1.95 bits per heavy atom. The summed E-state index contributed by atoms with van der Waals surface area (Å²) in [6.45, 7) is 4.95. The van der Waals surface area contributed by atoms with Crippen molar-refractivity contribution in [3.63, 3.8) is 0 Å². The van der Waals surface area contributed by atoms with Gasteiger partial charge in [0.1, 0.15) is 17.5 Å². The summed E-state index contributed by atoms with van der Waals surface area (Å²) in [4.78, 5) is 11.6. The Balaban J connectivity index is 2.38. The van der Waals surface area contributed by atoms with Gasteiger partial charge in [0.2, 0.25) is 0 Å². The van der Waals surface area contributed by atoms with Gasteiger partial charge < -0.3 is 15.3 Å². The number of aryl methyl sites for hydroxylation is 1. The predicted molar refractivity (Wildman–Crippen MR) is 87.0 cm³/mol. The Kier molecular flexibility index (Phi) is 5.79. The fourth-order valence-electron chi connectivity index (χ4n) is 3.19. The van der Waals surface area contributed by atoms with Crippen molar-refractivity contribution in [2.75, 3.05) is 30.4 Å². The second-order valence-corrected chi connectivity index (χ2v) is 5.75. The summed E-state index contributed by atoms with van der Waals surface area (Å²) in [5.41, 5.74) is 1.08. The fraction of sp³-hybridized carbons (Fsp3) is 0.750. The van der Waals surface area contributed by atoms with Gasteiger partial charge in [-0.15, -0.1) is 0 Å². The molecular weight excluding hydrogens is 264 g/mol. The molecule has 1 saturated carbocycles. The molecule has 1 aliphatic carbocycles. The average Bonchev–Trinajstić information content (AvgIpc) is 2.54. The number of hydrogen-bond acceptors (Lipinski definition) is 5. The van der Waals surface area contributed by atoms with Crippen molar-refractivity contribution in [3.05, 3.63) is 11.4 Å². The van der Waals surface area contributed by atoms with E-state index in [2.05, 4.69) is 29.0 Å². The summed E-state index contributed by atoms with van der Waals surface area (Å²) in [6.07, 6.45) is 7.08. The van der Waals surface area contributed by atoms with E-state index < -0.39 is 0 Å². The van der Waals surface area contributed by atoms with E-state index >= 15 is 0 Å². The maximum absolute atomic E-state index is 9.47. The second-order valence-electron chi connectivity index (χ2n) is 5.75. The van der Waals surface area contributed by atoms with E-state index in [0.29, 0.717) is 12.6 Å². The molecule has 21 heavy (non-hydrogen) atoms. The zero-order chi connectivity index (χ0) is 15.2. The lowest BCUT2D eigenvalue weighted by Gasteiger charge is -2.36. The van der Waals surface area contributed by atoms with Crippen LogP contribution >= 0.6 is 0 Å². The Bertz CT molecular complexity index is 458. The van der Waals surface area contributed by atoms with Crippen LogP contribution in [0.3, 0.4) is 0 Å². The highest BCUT2D eigenvalue weighted by Gasteiger charge is 2.24. The molecule has 0 amide bonds. The zero-order valence-electron chi connectivity index (χ0n) is 13.5. The Hall–Kier alpha value is -1.36. The van der Waals surface area contributed by atoms with Crippen molar-refractivity contribution in [1.82, 2.24) is 9.97 Å². The number of hydrogen-bond donors (Lipinski definition) is 2. The van der Waals surface area contributed by atoms with Crippen molar-refractivity contribution in [2.45, 2.75) is 58.4 Å². The van der Waals surface area contributed by atoms with Crippen LogP contribution in [-0.4, -0.2) is 41.3 Å². The van der Waals surface area contributed by atoms with Gasteiger partial charge in [-0.2, -0.15) is 0 Å². The topological polar surface area (TPSA) is 61.3 Å². The van der Waals surface area contributed by atoms with Gasteiger partial charge in [-0.25, -0.2) is 9.97 Å². The number of aliphatic hydroxyl groups excluding tert-OH is 1. The molecule has 2 rings (SSSR count). The normalized spacial score (nSPS) is 16.0.